The van der Waals surface area contributed by atoms with E-state index in [1.807, 2.05) is 12.1 Å². The van der Waals surface area contributed by atoms with Crippen molar-refractivity contribution in [3.8, 4) is 0 Å². The molecule has 19 heavy (non-hydrogen) atoms. The Hall–Kier alpha value is -1.27. The Bertz CT molecular complexity index is 459. The third-order valence-electron chi connectivity index (χ3n) is 3.48. The van der Waals surface area contributed by atoms with Crippen LogP contribution in [0.4, 0.5) is 11.5 Å². The SMILES string of the molecule is O=C1CC(S)CN1c1ccc(N2CCOCC2)nc1. The Morgan fingerprint density at radius 1 is 1.32 bits per heavy atom. The maximum atomic E-state index is 11.8. The minimum atomic E-state index is 0.126. The lowest BCUT2D eigenvalue weighted by Crippen LogP contribution is -2.36. The summed E-state index contributed by atoms with van der Waals surface area (Å²) in [7, 11) is 0. The van der Waals surface area contributed by atoms with Crippen LogP contribution in [0.3, 0.4) is 0 Å². The standard InChI is InChI=1S/C13H17N3O2S/c17-13-7-11(19)9-16(13)10-1-2-12(14-8-10)15-3-5-18-6-4-15/h1-2,8,11,19H,3-7,9H2. The van der Waals surface area contributed by atoms with Gasteiger partial charge in [-0.25, -0.2) is 4.98 Å². The van der Waals surface area contributed by atoms with Crippen molar-refractivity contribution in [2.45, 2.75) is 11.7 Å². The van der Waals surface area contributed by atoms with E-state index in [9.17, 15) is 4.79 Å². The zero-order valence-corrected chi connectivity index (χ0v) is 11.6. The van der Waals surface area contributed by atoms with Crippen molar-refractivity contribution >= 4 is 30.0 Å². The van der Waals surface area contributed by atoms with E-state index in [0.717, 1.165) is 37.8 Å². The van der Waals surface area contributed by atoms with Crippen LogP contribution in [0.5, 0.6) is 0 Å². The Balaban J connectivity index is 1.73. The van der Waals surface area contributed by atoms with E-state index in [0.29, 0.717) is 13.0 Å². The quantitative estimate of drug-likeness (QED) is 0.819. The number of thiol groups is 1. The monoisotopic (exact) mass is 279 g/mol. The van der Waals surface area contributed by atoms with Gasteiger partial charge in [0, 0.05) is 31.3 Å². The maximum absolute atomic E-state index is 11.8. The van der Waals surface area contributed by atoms with Crippen LogP contribution in [0, 0.1) is 0 Å². The highest BCUT2D eigenvalue weighted by molar-refractivity contribution is 7.81. The van der Waals surface area contributed by atoms with Crippen molar-refractivity contribution in [3.63, 3.8) is 0 Å². The predicted molar refractivity (Wildman–Crippen MR) is 77.0 cm³/mol. The van der Waals surface area contributed by atoms with Crippen molar-refractivity contribution in [3.05, 3.63) is 18.3 Å². The van der Waals surface area contributed by atoms with Gasteiger partial charge in [-0.1, -0.05) is 0 Å². The van der Waals surface area contributed by atoms with Crippen LogP contribution in [0.2, 0.25) is 0 Å². The molecule has 3 heterocycles. The Kier molecular flexibility index (Phi) is 3.61. The predicted octanol–water partition coefficient (Wildman–Crippen LogP) is 0.953. The molecule has 0 radical (unpaired) electrons. The van der Waals surface area contributed by atoms with Crippen LogP contribution in [0.25, 0.3) is 0 Å². The lowest BCUT2D eigenvalue weighted by molar-refractivity contribution is -0.117. The van der Waals surface area contributed by atoms with E-state index in [1.54, 1.807) is 11.1 Å². The first-order chi connectivity index (χ1) is 9.24. The number of nitrogens with zero attached hydrogens (tertiary/aromatic N) is 3. The molecule has 0 N–H and O–H groups in total. The second kappa shape index (κ2) is 5.38. The van der Waals surface area contributed by atoms with Crippen LogP contribution in [-0.2, 0) is 9.53 Å². The summed E-state index contributed by atoms with van der Waals surface area (Å²) in [6.07, 6.45) is 2.28. The maximum Gasteiger partial charge on any atom is 0.228 e. The summed E-state index contributed by atoms with van der Waals surface area (Å²) in [5, 5.41) is 0.131. The lowest BCUT2D eigenvalue weighted by Gasteiger charge is -2.28. The zero-order chi connectivity index (χ0) is 13.2. The number of carbonyl (C=O) groups excluding carboxylic acids is 1. The van der Waals surface area contributed by atoms with Crippen molar-refractivity contribution in [1.29, 1.82) is 0 Å². The van der Waals surface area contributed by atoms with Gasteiger partial charge < -0.3 is 14.5 Å². The molecule has 2 aliphatic heterocycles. The van der Waals surface area contributed by atoms with Gasteiger partial charge in [-0.05, 0) is 12.1 Å². The van der Waals surface area contributed by atoms with E-state index >= 15 is 0 Å². The van der Waals surface area contributed by atoms with Gasteiger partial charge in [-0.3, -0.25) is 4.79 Å². The molecule has 6 heteroatoms. The first-order valence-corrected chi connectivity index (χ1v) is 7.03. The smallest absolute Gasteiger partial charge is 0.228 e. The molecule has 0 bridgehead atoms. The van der Waals surface area contributed by atoms with Crippen LogP contribution < -0.4 is 9.80 Å². The van der Waals surface area contributed by atoms with Gasteiger partial charge in [0.1, 0.15) is 5.82 Å². The van der Waals surface area contributed by atoms with Gasteiger partial charge in [0.05, 0.1) is 25.1 Å². The lowest BCUT2D eigenvalue weighted by atomic mass is 10.3. The summed E-state index contributed by atoms with van der Waals surface area (Å²) in [5.41, 5.74) is 0.860. The normalized spacial score (nSPS) is 24.1. The highest BCUT2D eigenvalue weighted by Gasteiger charge is 2.28. The van der Waals surface area contributed by atoms with E-state index in [2.05, 4.69) is 22.5 Å². The van der Waals surface area contributed by atoms with Gasteiger partial charge >= 0.3 is 0 Å². The van der Waals surface area contributed by atoms with Gasteiger partial charge in [0.2, 0.25) is 5.91 Å². The molecule has 1 atom stereocenters. The minimum Gasteiger partial charge on any atom is -0.378 e. The molecule has 1 unspecified atom stereocenters. The summed E-state index contributed by atoms with van der Waals surface area (Å²) >= 11 is 4.36. The number of hydrogen-bond donors (Lipinski definition) is 1. The summed E-state index contributed by atoms with van der Waals surface area (Å²) < 4.78 is 5.32. The Morgan fingerprint density at radius 3 is 2.68 bits per heavy atom. The molecule has 1 amide bonds. The fourth-order valence-corrected chi connectivity index (χ4v) is 2.78. The van der Waals surface area contributed by atoms with Crippen LogP contribution in [0.15, 0.2) is 18.3 Å². The molecule has 0 saturated carbocycles. The molecule has 5 nitrogen and oxygen atoms in total. The van der Waals surface area contributed by atoms with E-state index in [1.165, 1.54) is 0 Å². The van der Waals surface area contributed by atoms with Crippen molar-refractivity contribution in [2.24, 2.45) is 0 Å². The number of aromatic nitrogens is 1. The van der Waals surface area contributed by atoms with Gasteiger partial charge in [-0.15, -0.1) is 0 Å². The number of pyridine rings is 1. The minimum absolute atomic E-state index is 0.126. The molecule has 2 saturated heterocycles. The molecular weight excluding hydrogens is 262 g/mol. The molecule has 0 aromatic carbocycles. The number of morpholine rings is 1. The molecule has 1 aromatic rings. The zero-order valence-electron chi connectivity index (χ0n) is 10.7. The first kappa shape index (κ1) is 12.7. The fourth-order valence-electron chi connectivity index (χ4n) is 2.46. The van der Waals surface area contributed by atoms with E-state index < -0.39 is 0 Å². The van der Waals surface area contributed by atoms with E-state index in [4.69, 9.17) is 4.74 Å². The van der Waals surface area contributed by atoms with Crippen LogP contribution in [0.1, 0.15) is 6.42 Å². The highest BCUT2D eigenvalue weighted by atomic mass is 32.1. The van der Waals surface area contributed by atoms with E-state index in [-0.39, 0.29) is 11.2 Å². The summed E-state index contributed by atoms with van der Waals surface area (Å²) in [4.78, 5) is 20.2. The molecule has 102 valence electrons. The third-order valence-corrected chi connectivity index (χ3v) is 3.83. The number of hydrogen-bond acceptors (Lipinski definition) is 5. The molecule has 1 aromatic heterocycles. The molecular formula is C13H17N3O2S. The average molecular weight is 279 g/mol. The first-order valence-electron chi connectivity index (χ1n) is 6.51. The largest absolute Gasteiger partial charge is 0.378 e. The van der Waals surface area contributed by atoms with Gasteiger partial charge in [-0.2, -0.15) is 12.6 Å². The van der Waals surface area contributed by atoms with Crippen molar-refractivity contribution in [1.82, 2.24) is 4.98 Å². The highest BCUT2D eigenvalue weighted by Crippen LogP contribution is 2.25. The molecule has 0 spiro atoms. The van der Waals surface area contributed by atoms with Crippen LogP contribution >= 0.6 is 12.6 Å². The number of anilines is 2. The average Bonchev–Trinajstić information content (AvgIpc) is 2.79. The Morgan fingerprint density at radius 2 is 2.11 bits per heavy atom. The second-order valence-corrected chi connectivity index (χ2v) is 5.57. The second-order valence-electron chi connectivity index (χ2n) is 4.84. The van der Waals surface area contributed by atoms with Crippen molar-refractivity contribution < 1.29 is 9.53 Å². The molecule has 3 rings (SSSR count). The number of rotatable bonds is 2. The molecule has 0 aliphatic carbocycles. The fraction of sp³-hybridized carbons (Fsp3) is 0.538. The third kappa shape index (κ3) is 2.69. The number of ether oxygens (including phenoxy) is 1. The molecule has 2 aliphatic rings. The molecule has 2 fully saturated rings. The number of carbonyl (C=O) groups is 1. The number of amides is 1. The van der Waals surface area contributed by atoms with Gasteiger partial charge in [0.25, 0.3) is 0 Å². The topological polar surface area (TPSA) is 45.7 Å². The van der Waals surface area contributed by atoms with Gasteiger partial charge in [0.15, 0.2) is 0 Å². The summed E-state index contributed by atoms with van der Waals surface area (Å²) in [5.74, 6) is 1.07. The van der Waals surface area contributed by atoms with Crippen molar-refractivity contribution in [2.75, 3.05) is 42.6 Å². The Labute approximate surface area is 118 Å². The summed E-state index contributed by atoms with van der Waals surface area (Å²) in [6.45, 7) is 3.90. The summed E-state index contributed by atoms with van der Waals surface area (Å²) in [6, 6.07) is 3.93. The van der Waals surface area contributed by atoms with Crippen LogP contribution in [-0.4, -0.2) is 49.0 Å².